The van der Waals surface area contributed by atoms with E-state index in [-0.39, 0.29) is 11.5 Å². The Hall–Kier alpha value is -1.87. The van der Waals surface area contributed by atoms with Gasteiger partial charge in [0.15, 0.2) is 5.43 Å². The molecule has 0 radical (unpaired) electrons. The Balaban J connectivity index is 2.37. The minimum atomic E-state index is -0.256. The fourth-order valence-electron chi connectivity index (χ4n) is 2.47. The number of aromatic nitrogens is 1. The quantitative estimate of drug-likeness (QED) is 0.913. The Morgan fingerprint density at radius 2 is 1.90 bits per heavy atom. The Labute approximate surface area is 126 Å². The first kappa shape index (κ1) is 15.5. The van der Waals surface area contributed by atoms with E-state index in [0.29, 0.717) is 5.56 Å². The van der Waals surface area contributed by atoms with E-state index in [4.69, 9.17) is 5.73 Å². The molecule has 3 heteroatoms. The molecular weight excluding hydrogens is 260 g/mol. The van der Waals surface area contributed by atoms with Crippen LogP contribution in [0, 0.1) is 6.92 Å². The summed E-state index contributed by atoms with van der Waals surface area (Å²) in [5, 5.41) is 0. The zero-order chi connectivity index (χ0) is 15.4. The van der Waals surface area contributed by atoms with Crippen molar-refractivity contribution in [3.63, 3.8) is 0 Å². The number of rotatable bonds is 5. The monoisotopic (exact) mass is 284 g/mol. The van der Waals surface area contributed by atoms with Gasteiger partial charge in [0.2, 0.25) is 0 Å². The lowest BCUT2D eigenvalue weighted by Gasteiger charge is -2.14. The van der Waals surface area contributed by atoms with Gasteiger partial charge in [0.25, 0.3) is 0 Å². The summed E-state index contributed by atoms with van der Waals surface area (Å²) in [7, 11) is 0. The molecule has 3 nitrogen and oxygen atoms in total. The van der Waals surface area contributed by atoms with Gasteiger partial charge in [-0.05, 0) is 44.4 Å². The lowest BCUT2D eigenvalue weighted by molar-refractivity contribution is 0.784. The predicted octanol–water partition coefficient (Wildman–Crippen LogP) is 3.51. The highest BCUT2D eigenvalue weighted by Crippen LogP contribution is 2.15. The average Bonchev–Trinajstić information content (AvgIpc) is 2.45. The molecule has 1 heterocycles. The van der Waals surface area contributed by atoms with Gasteiger partial charge in [-0.25, -0.2) is 0 Å². The van der Waals surface area contributed by atoms with Crippen LogP contribution in [0.1, 0.15) is 49.6 Å². The summed E-state index contributed by atoms with van der Waals surface area (Å²) in [6.45, 7) is 5.98. The highest BCUT2D eigenvalue weighted by Gasteiger charge is 2.09. The maximum atomic E-state index is 11.9. The topological polar surface area (TPSA) is 48.0 Å². The molecule has 0 aliphatic rings. The third kappa shape index (κ3) is 3.61. The van der Waals surface area contributed by atoms with Crippen molar-refractivity contribution in [1.29, 1.82) is 0 Å². The van der Waals surface area contributed by atoms with Crippen LogP contribution >= 0.6 is 0 Å². The first-order valence-corrected chi connectivity index (χ1v) is 7.61. The van der Waals surface area contributed by atoms with E-state index in [0.717, 1.165) is 17.8 Å². The van der Waals surface area contributed by atoms with Crippen molar-refractivity contribution in [2.24, 2.45) is 5.73 Å². The van der Waals surface area contributed by atoms with Crippen molar-refractivity contribution in [2.75, 3.05) is 0 Å². The van der Waals surface area contributed by atoms with Gasteiger partial charge in [-0.2, -0.15) is 0 Å². The highest BCUT2D eigenvalue weighted by atomic mass is 16.1. The molecule has 2 aromatic rings. The molecule has 1 aromatic heterocycles. The van der Waals surface area contributed by atoms with Crippen molar-refractivity contribution in [2.45, 2.75) is 46.1 Å². The van der Waals surface area contributed by atoms with Gasteiger partial charge in [0, 0.05) is 35.2 Å². The first-order valence-electron chi connectivity index (χ1n) is 7.61. The second kappa shape index (κ2) is 6.72. The lowest BCUT2D eigenvalue weighted by Crippen LogP contribution is -2.20. The molecule has 0 spiro atoms. The van der Waals surface area contributed by atoms with Gasteiger partial charge in [-0.15, -0.1) is 0 Å². The molecule has 0 amide bonds. The van der Waals surface area contributed by atoms with E-state index >= 15 is 0 Å². The van der Waals surface area contributed by atoms with E-state index in [1.165, 1.54) is 18.4 Å². The van der Waals surface area contributed by atoms with E-state index in [1.807, 2.05) is 24.6 Å². The molecule has 2 N–H and O–H groups in total. The van der Waals surface area contributed by atoms with Crippen LogP contribution in [0.2, 0.25) is 0 Å². The van der Waals surface area contributed by atoms with E-state index in [2.05, 4.69) is 31.2 Å². The smallest absolute Gasteiger partial charge is 0.186 e. The lowest BCUT2D eigenvalue weighted by atomic mass is 10.1. The molecule has 0 saturated heterocycles. The van der Waals surface area contributed by atoms with Crippen LogP contribution in [0.4, 0.5) is 0 Å². The van der Waals surface area contributed by atoms with Crippen molar-refractivity contribution in [1.82, 2.24) is 4.57 Å². The van der Waals surface area contributed by atoms with Crippen molar-refractivity contribution < 1.29 is 0 Å². The van der Waals surface area contributed by atoms with Gasteiger partial charge in [0.05, 0.1) is 0 Å². The van der Waals surface area contributed by atoms with Crippen molar-refractivity contribution in [3.8, 4) is 5.69 Å². The zero-order valence-electron chi connectivity index (χ0n) is 13.1. The summed E-state index contributed by atoms with van der Waals surface area (Å²) in [5.41, 5.74) is 9.88. The maximum Gasteiger partial charge on any atom is 0.186 e. The number of hydrogen-bond acceptors (Lipinski definition) is 2. The molecule has 0 aliphatic carbocycles. The van der Waals surface area contributed by atoms with Gasteiger partial charge in [-0.3, -0.25) is 4.79 Å². The molecule has 0 aliphatic heterocycles. The Morgan fingerprint density at radius 1 is 1.24 bits per heavy atom. The molecule has 1 aromatic carbocycles. The number of benzene rings is 1. The van der Waals surface area contributed by atoms with E-state index in [1.54, 1.807) is 6.07 Å². The van der Waals surface area contributed by atoms with Crippen LogP contribution in [0.5, 0.6) is 0 Å². The summed E-state index contributed by atoms with van der Waals surface area (Å²) >= 11 is 0. The number of hydrogen-bond donors (Lipinski definition) is 1. The summed E-state index contributed by atoms with van der Waals surface area (Å²) in [6.07, 6.45) is 5.40. The molecule has 2 rings (SSSR count). The van der Waals surface area contributed by atoms with Gasteiger partial charge in [-0.1, -0.05) is 25.5 Å². The predicted molar refractivity (Wildman–Crippen MR) is 88.0 cm³/mol. The largest absolute Gasteiger partial charge is 0.324 e. The molecule has 1 unspecified atom stereocenters. The van der Waals surface area contributed by atoms with Crippen LogP contribution in [0.3, 0.4) is 0 Å². The normalized spacial score (nSPS) is 12.4. The molecule has 0 bridgehead atoms. The number of pyridine rings is 1. The van der Waals surface area contributed by atoms with Gasteiger partial charge < -0.3 is 10.3 Å². The van der Waals surface area contributed by atoms with Crippen LogP contribution in [0.15, 0.2) is 41.3 Å². The fraction of sp³-hybridized carbons (Fsp3) is 0.389. The van der Waals surface area contributed by atoms with Crippen molar-refractivity contribution >= 4 is 0 Å². The zero-order valence-corrected chi connectivity index (χ0v) is 13.1. The maximum absolute atomic E-state index is 11.9. The molecule has 0 saturated carbocycles. The highest BCUT2D eigenvalue weighted by molar-refractivity contribution is 5.38. The Bertz CT molecular complexity index is 654. The van der Waals surface area contributed by atoms with Gasteiger partial charge in [0.1, 0.15) is 0 Å². The van der Waals surface area contributed by atoms with Gasteiger partial charge >= 0.3 is 0 Å². The third-order valence-corrected chi connectivity index (χ3v) is 3.80. The van der Waals surface area contributed by atoms with Crippen molar-refractivity contribution in [3.05, 3.63) is 63.6 Å². The van der Waals surface area contributed by atoms with Crippen LogP contribution in [-0.4, -0.2) is 4.57 Å². The molecule has 112 valence electrons. The standard InChI is InChI=1S/C18H24N2O/c1-4-5-6-15-7-9-16(10-8-15)20-12-17(14(3)19)18(21)11-13(20)2/h7-12,14H,4-6,19H2,1-3H3. The Morgan fingerprint density at radius 3 is 2.48 bits per heavy atom. The molecule has 0 fully saturated rings. The average molecular weight is 284 g/mol. The summed E-state index contributed by atoms with van der Waals surface area (Å²) < 4.78 is 2.03. The molecule has 1 atom stereocenters. The number of aryl methyl sites for hydroxylation is 2. The number of nitrogens with two attached hydrogens (primary N) is 1. The number of nitrogens with zero attached hydrogens (tertiary/aromatic N) is 1. The minimum Gasteiger partial charge on any atom is -0.324 e. The molecular formula is C18H24N2O. The van der Waals surface area contributed by atoms with E-state index in [9.17, 15) is 4.79 Å². The summed E-state index contributed by atoms with van der Waals surface area (Å²) in [5.74, 6) is 0. The second-order valence-electron chi connectivity index (χ2n) is 5.66. The second-order valence-corrected chi connectivity index (χ2v) is 5.66. The summed E-state index contributed by atoms with van der Waals surface area (Å²) in [6, 6.07) is 9.93. The fourth-order valence-corrected chi connectivity index (χ4v) is 2.47. The Kier molecular flexibility index (Phi) is 4.97. The SMILES string of the molecule is CCCCc1ccc(-n2cc(C(C)N)c(=O)cc2C)cc1. The van der Waals surface area contributed by atoms with Crippen LogP contribution in [-0.2, 0) is 6.42 Å². The third-order valence-electron chi connectivity index (χ3n) is 3.80. The van der Waals surface area contributed by atoms with Crippen LogP contribution in [0.25, 0.3) is 5.69 Å². The van der Waals surface area contributed by atoms with Crippen LogP contribution < -0.4 is 11.2 Å². The minimum absolute atomic E-state index is 0.0123. The van der Waals surface area contributed by atoms with E-state index < -0.39 is 0 Å². The summed E-state index contributed by atoms with van der Waals surface area (Å²) in [4.78, 5) is 11.9. The number of unbranched alkanes of at least 4 members (excludes halogenated alkanes) is 1. The molecule has 21 heavy (non-hydrogen) atoms. The first-order chi connectivity index (χ1) is 10.0.